The van der Waals surface area contributed by atoms with Crippen molar-refractivity contribution in [2.24, 2.45) is 10.9 Å². The Morgan fingerprint density at radius 2 is 1.64 bits per heavy atom. The first-order valence-electron chi connectivity index (χ1n) is 11.6. The molecular weight excluding hydrogens is 483 g/mol. The minimum atomic E-state index is -5.09. The molecule has 200 valence electrons. The number of hydrogen-bond donors (Lipinski definition) is 1. The fourth-order valence-corrected chi connectivity index (χ4v) is 3.91. The van der Waals surface area contributed by atoms with Crippen molar-refractivity contribution >= 4 is 18.0 Å². The summed E-state index contributed by atoms with van der Waals surface area (Å²) >= 11 is 0. The highest BCUT2D eigenvalue weighted by Crippen LogP contribution is 2.26. The molecule has 2 heterocycles. The number of alkyl halides is 3. The Morgan fingerprint density at radius 3 is 2.25 bits per heavy atom. The quantitative estimate of drug-likeness (QED) is 0.282. The molecule has 0 saturated carbocycles. The maximum Gasteiger partial charge on any atom is 0.473 e. The van der Waals surface area contributed by atoms with E-state index in [2.05, 4.69) is 9.83 Å². The van der Waals surface area contributed by atoms with Crippen LogP contribution in [0.1, 0.15) is 31.9 Å². The van der Waals surface area contributed by atoms with Crippen LogP contribution in [0, 0.1) is 0 Å². The molecule has 1 aromatic rings. The lowest BCUT2D eigenvalue weighted by Gasteiger charge is -2.41. The lowest BCUT2D eigenvalue weighted by atomic mass is 9.99. The Hall–Kier alpha value is -3.06. The average Bonchev–Trinajstić information content (AvgIpc) is 2.80. The number of nitrogens with two attached hydrogens (primary N) is 1. The molecule has 1 fully saturated rings. The predicted molar refractivity (Wildman–Crippen MR) is 124 cm³/mol. The normalized spacial score (nSPS) is 17.1. The largest absolute Gasteiger partial charge is 0.491 e. The van der Waals surface area contributed by atoms with Gasteiger partial charge in [-0.1, -0.05) is 6.07 Å². The third-order valence-electron chi connectivity index (χ3n) is 5.60. The summed E-state index contributed by atoms with van der Waals surface area (Å²) in [7, 11) is 0. The van der Waals surface area contributed by atoms with Crippen molar-refractivity contribution < 1.29 is 37.1 Å². The molecule has 3 rings (SSSR count). The molecule has 0 aliphatic carbocycles. The Kier molecular flexibility index (Phi) is 8.67. The van der Waals surface area contributed by atoms with Gasteiger partial charge in [-0.2, -0.15) is 18.2 Å². The number of ether oxygens (including phenoxy) is 2. The zero-order chi connectivity index (χ0) is 26.5. The van der Waals surface area contributed by atoms with Crippen LogP contribution in [-0.4, -0.2) is 90.4 Å². The van der Waals surface area contributed by atoms with Crippen molar-refractivity contribution in [3.8, 4) is 5.75 Å². The molecule has 36 heavy (non-hydrogen) atoms. The Labute approximate surface area is 207 Å². The lowest BCUT2D eigenvalue weighted by molar-refractivity contribution is -0.169. The molecule has 1 saturated heterocycles. The van der Waals surface area contributed by atoms with E-state index in [0.29, 0.717) is 18.7 Å². The molecule has 2 aliphatic rings. The summed E-state index contributed by atoms with van der Waals surface area (Å²) in [4.78, 5) is 36.9. The van der Waals surface area contributed by atoms with Crippen molar-refractivity contribution in [3.05, 3.63) is 29.3 Å². The molecule has 0 spiro atoms. The predicted octanol–water partition coefficient (Wildman–Crippen LogP) is 2.31. The average molecular weight is 516 g/mol. The van der Waals surface area contributed by atoms with Crippen molar-refractivity contribution in [2.45, 2.75) is 45.5 Å². The second kappa shape index (κ2) is 11.3. The highest BCUT2D eigenvalue weighted by Gasteiger charge is 2.40. The number of guanidine groups is 1. The van der Waals surface area contributed by atoms with Gasteiger partial charge >= 0.3 is 18.2 Å². The number of amides is 2. The highest BCUT2D eigenvalue weighted by atomic mass is 19.4. The number of piperazine rings is 1. The topological polar surface area (TPSA) is 110 Å². The number of carbonyl (C=O) groups is 2. The SMILES string of the molecule is CC(C)(C)OC(=O)N1CCN(C(=NC(=O)C(F)(F)F)N2CCc3cc(OCCON)ccc3C2)CC1. The number of nitrogens with zero attached hydrogens (tertiary/aromatic N) is 4. The summed E-state index contributed by atoms with van der Waals surface area (Å²) < 4.78 is 50.2. The number of aliphatic imine (C=N–C) groups is 1. The van der Waals surface area contributed by atoms with E-state index in [4.69, 9.17) is 15.4 Å². The van der Waals surface area contributed by atoms with Gasteiger partial charge in [-0.3, -0.25) is 4.79 Å². The molecule has 0 aromatic heterocycles. The first-order valence-corrected chi connectivity index (χ1v) is 11.6. The zero-order valence-electron chi connectivity index (χ0n) is 20.6. The monoisotopic (exact) mass is 515 g/mol. The van der Waals surface area contributed by atoms with Gasteiger partial charge in [-0.25, -0.2) is 10.7 Å². The van der Waals surface area contributed by atoms with Crippen molar-refractivity contribution in [1.82, 2.24) is 14.7 Å². The molecule has 1 aromatic carbocycles. The number of rotatable bonds is 4. The molecule has 2 aliphatic heterocycles. The van der Waals surface area contributed by atoms with Crippen LogP contribution in [0.3, 0.4) is 0 Å². The smallest absolute Gasteiger partial charge is 0.473 e. The van der Waals surface area contributed by atoms with Crippen molar-refractivity contribution in [1.29, 1.82) is 0 Å². The van der Waals surface area contributed by atoms with Crippen LogP contribution >= 0.6 is 0 Å². The summed E-state index contributed by atoms with van der Waals surface area (Å²) in [5.41, 5.74) is 1.22. The molecule has 0 radical (unpaired) electrons. The number of carbonyl (C=O) groups excluding carboxylic acids is 2. The first-order chi connectivity index (χ1) is 16.9. The van der Waals surface area contributed by atoms with Gasteiger partial charge in [0, 0.05) is 39.3 Å². The zero-order valence-corrected chi connectivity index (χ0v) is 20.6. The number of halogens is 3. The minimum Gasteiger partial charge on any atom is -0.491 e. The third kappa shape index (κ3) is 7.47. The summed E-state index contributed by atoms with van der Waals surface area (Å²) in [6, 6.07) is 5.47. The van der Waals surface area contributed by atoms with Crippen molar-refractivity contribution in [2.75, 3.05) is 45.9 Å². The van der Waals surface area contributed by atoms with E-state index >= 15 is 0 Å². The van der Waals surface area contributed by atoms with E-state index in [-0.39, 0.29) is 51.9 Å². The highest BCUT2D eigenvalue weighted by molar-refractivity contribution is 5.96. The molecule has 13 heteroatoms. The van der Waals surface area contributed by atoms with Gasteiger partial charge in [0.05, 0.1) is 0 Å². The van der Waals surface area contributed by atoms with E-state index in [1.165, 1.54) is 4.90 Å². The Balaban J connectivity index is 1.74. The summed E-state index contributed by atoms with van der Waals surface area (Å²) in [5, 5.41) is 0. The van der Waals surface area contributed by atoms with Crippen LogP contribution in [0.2, 0.25) is 0 Å². The fourth-order valence-electron chi connectivity index (χ4n) is 3.91. The van der Waals surface area contributed by atoms with E-state index in [1.54, 1.807) is 36.6 Å². The molecule has 0 atom stereocenters. The summed E-state index contributed by atoms with van der Waals surface area (Å²) in [5.74, 6) is 3.42. The summed E-state index contributed by atoms with van der Waals surface area (Å²) in [6.45, 7) is 7.30. The van der Waals surface area contributed by atoms with Crippen LogP contribution in [0.4, 0.5) is 18.0 Å². The molecule has 2 amide bonds. The van der Waals surface area contributed by atoms with E-state index < -0.39 is 23.8 Å². The summed E-state index contributed by atoms with van der Waals surface area (Å²) in [6.07, 6.45) is -5.05. The maximum absolute atomic E-state index is 13.1. The van der Waals surface area contributed by atoms with Gasteiger partial charge in [0.25, 0.3) is 0 Å². The van der Waals surface area contributed by atoms with E-state index in [0.717, 1.165) is 11.1 Å². The van der Waals surface area contributed by atoms with Crippen molar-refractivity contribution in [3.63, 3.8) is 0 Å². The molecular formula is C23H32F3N5O5. The molecule has 10 nitrogen and oxygen atoms in total. The first kappa shape index (κ1) is 27.5. The van der Waals surface area contributed by atoms with Gasteiger partial charge in [0.15, 0.2) is 0 Å². The Morgan fingerprint density at radius 1 is 0.972 bits per heavy atom. The van der Waals surface area contributed by atoms with E-state index in [9.17, 15) is 22.8 Å². The number of hydrogen-bond acceptors (Lipinski definition) is 6. The second-order valence-corrected chi connectivity index (χ2v) is 9.49. The second-order valence-electron chi connectivity index (χ2n) is 9.49. The van der Waals surface area contributed by atoms with Crippen LogP contribution in [0.25, 0.3) is 0 Å². The fraction of sp³-hybridized carbons (Fsp3) is 0.609. The van der Waals surface area contributed by atoms with E-state index in [1.807, 2.05) is 12.1 Å². The lowest BCUT2D eigenvalue weighted by Crippen LogP contribution is -2.56. The van der Waals surface area contributed by atoms with Gasteiger partial charge in [-0.05, 0) is 50.5 Å². The minimum absolute atomic E-state index is 0.0489. The number of benzene rings is 1. The van der Waals surface area contributed by atoms with Crippen LogP contribution in [0.15, 0.2) is 23.2 Å². The van der Waals surface area contributed by atoms with Crippen LogP contribution in [0.5, 0.6) is 5.75 Å². The Bertz CT molecular complexity index is 972. The number of fused-ring (bicyclic) bond motifs is 1. The molecule has 0 unspecified atom stereocenters. The standard InChI is InChI=1S/C23H32F3N5O5/c1-22(2,3)36-21(33)30-10-8-29(9-11-30)20(28-19(32)23(24,25)26)31-7-6-16-14-18(34-12-13-35-27)5-4-17(16)15-31/h4-5,14H,6-13,15,27H2,1-3H3. The van der Waals surface area contributed by atoms with Gasteiger partial charge < -0.3 is 29.0 Å². The third-order valence-corrected chi connectivity index (χ3v) is 5.60. The maximum atomic E-state index is 13.1. The molecule has 0 bridgehead atoms. The van der Waals surface area contributed by atoms with Crippen LogP contribution < -0.4 is 10.6 Å². The van der Waals surface area contributed by atoms with Gasteiger partial charge in [0.1, 0.15) is 24.6 Å². The van der Waals surface area contributed by atoms with Gasteiger partial charge in [-0.15, -0.1) is 0 Å². The van der Waals surface area contributed by atoms with Crippen LogP contribution in [-0.2, 0) is 27.3 Å². The molecule has 2 N–H and O–H groups in total. The van der Waals surface area contributed by atoms with Gasteiger partial charge in [0.2, 0.25) is 5.96 Å².